The molecule has 16 heteroatoms. The van der Waals surface area contributed by atoms with Gasteiger partial charge in [-0.3, -0.25) is 24.0 Å². The number of anilines is 4. The summed E-state index contributed by atoms with van der Waals surface area (Å²) < 4.78 is 5.01. The van der Waals surface area contributed by atoms with Crippen LogP contribution in [0.5, 0.6) is 0 Å². The summed E-state index contributed by atoms with van der Waals surface area (Å²) in [5.74, 6) is 14.6. The number of hydrazine groups is 2. The lowest BCUT2D eigenvalue weighted by atomic mass is 9.93. The van der Waals surface area contributed by atoms with E-state index in [-0.39, 0.29) is 62.5 Å². The van der Waals surface area contributed by atoms with Crippen LogP contribution in [-0.4, -0.2) is 72.2 Å². The zero-order chi connectivity index (χ0) is 38.2. The Morgan fingerprint density at radius 1 is 0.904 bits per heavy atom. The van der Waals surface area contributed by atoms with E-state index in [4.69, 9.17) is 22.3 Å². The summed E-state index contributed by atoms with van der Waals surface area (Å²) in [6, 6.07) is 17.8. The number of urea groups is 1. The van der Waals surface area contributed by atoms with Gasteiger partial charge in [0.15, 0.2) is 5.78 Å². The molecule has 0 spiro atoms. The SMILES string of the molecule is CCOC(=O)CCN1C(=O)CN(CCC(=O)ON)C(=O)c2cc(NC(C)(C)C(=O)Cc3ccc(N(N)C(=O)N(N)c4ccccc4C)cc3)ccc21. The molecule has 16 nitrogen and oxygen atoms in total. The number of nitrogens with two attached hydrogens (primary N) is 3. The third-order valence-corrected chi connectivity index (χ3v) is 8.51. The van der Waals surface area contributed by atoms with Crippen LogP contribution in [0.1, 0.15) is 55.1 Å². The third kappa shape index (κ3) is 9.28. The number of carbonyl (C=O) groups is 6. The number of para-hydroxylation sites is 1. The number of rotatable bonds is 14. The predicted octanol–water partition coefficient (Wildman–Crippen LogP) is 2.73. The molecule has 7 N–H and O–H groups in total. The standard InChI is InChI=1S/C36H44N8O8/c1-5-51-32(47)17-19-42-29-15-12-25(21-27(29)34(49)41(22-31(42)46)18-16-33(48)52-39)40-36(3,4)30(45)20-24-10-13-26(14-11-24)43(37)35(50)44(38)28-9-7-6-8-23(28)2/h6-15,21,40H,5,16-20,22,37-39H2,1-4H3. The lowest BCUT2D eigenvalue weighted by Crippen LogP contribution is -2.51. The van der Waals surface area contributed by atoms with Crippen LogP contribution in [-0.2, 0) is 35.2 Å². The highest BCUT2D eigenvalue weighted by Crippen LogP contribution is 2.31. The Morgan fingerprint density at radius 3 is 2.23 bits per heavy atom. The van der Waals surface area contributed by atoms with Gasteiger partial charge in [-0.2, -0.15) is 5.90 Å². The molecule has 3 aromatic rings. The first-order valence-corrected chi connectivity index (χ1v) is 16.5. The molecule has 1 aliphatic rings. The van der Waals surface area contributed by atoms with Crippen LogP contribution in [0, 0.1) is 6.92 Å². The van der Waals surface area contributed by atoms with Crippen LogP contribution >= 0.6 is 0 Å². The number of carbonyl (C=O) groups excluding carboxylic acids is 6. The summed E-state index contributed by atoms with van der Waals surface area (Å²) in [6.07, 6.45) is -0.323. The fourth-order valence-corrected chi connectivity index (χ4v) is 5.57. The van der Waals surface area contributed by atoms with Crippen molar-refractivity contribution in [1.82, 2.24) is 4.90 Å². The van der Waals surface area contributed by atoms with E-state index in [0.29, 0.717) is 22.6 Å². The van der Waals surface area contributed by atoms with Gasteiger partial charge in [-0.1, -0.05) is 30.3 Å². The molecule has 0 radical (unpaired) electrons. The summed E-state index contributed by atoms with van der Waals surface area (Å²) in [7, 11) is 0. The molecule has 0 aliphatic carbocycles. The largest absolute Gasteiger partial charge is 0.466 e. The minimum Gasteiger partial charge on any atom is -0.466 e. The van der Waals surface area contributed by atoms with E-state index in [1.807, 2.05) is 19.1 Å². The Kier molecular flexibility index (Phi) is 12.7. The number of Topliss-reactive ketones (excluding diaryl/α,β-unsaturated/α-hetero) is 1. The molecule has 1 heterocycles. The maximum Gasteiger partial charge on any atom is 0.357 e. The smallest absolute Gasteiger partial charge is 0.357 e. The average Bonchev–Trinajstić information content (AvgIpc) is 3.22. The lowest BCUT2D eigenvalue weighted by molar-refractivity contribution is -0.145. The van der Waals surface area contributed by atoms with Gasteiger partial charge in [0.1, 0.15) is 6.54 Å². The Labute approximate surface area is 301 Å². The van der Waals surface area contributed by atoms with Crippen molar-refractivity contribution in [2.45, 2.75) is 52.5 Å². The molecule has 52 heavy (non-hydrogen) atoms. The third-order valence-electron chi connectivity index (χ3n) is 8.51. The van der Waals surface area contributed by atoms with Crippen molar-refractivity contribution in [2.75, 3.05) is 46.5 Å². The van der Waals surface area contributed by atoms with E-state index in [1.54, 1.807) is 69.3 Å². The molecule has 1 aliphatic heterocycles. The van der Waals surface area contributed by atoms with E-state index >= 15 is 0 Å². The Morgan fingerprint density at radius 2 is 1.58 bits per heavy atom. The van der Waals surface area contributed by atoms with E-state index in [0.717, 1.165) is 15.6 Å². The molecule has 0 aromatic heterocycles. The quantitative estimate of drug-likeness (QED) is 0.0818. The number of hydrogen-bond donors (Lipinski definition) is 4. The fraction of sp³-hybridized carbons (Fsp3) is 0.333. The van der Waals surface area contributed by atoms with Gasteiger partial charge in [0.25, 0.3) is 5.91 Å². The topological polar surface area (TPSA) is 224 Å². The van der Waals surface area contributed by atoms with Crippen LogP contribution in [0.2, 0.25) is 0 Å². The molecule has 0 unspecified atom stereocenters. The number of aryl methyl sites for hydroxylation is 1. The molecule has 3 aromatic carbocycles. The number of amides is 4. The second-order valence-corrected chi connectivity index (χ2v) is 12.6. The van der Waals surface area contributed by atoms with E-state index < -0.39 is 35.3 Å². The normalized spacial score (nSPS) is 12.8. The minimum absolute atomic E-state index is 0.0239. The zero-order valence-corrected chi connectivity index (χ0v) is 29.6. The van der Waals surface area contributed by atoms with Gasteiger partial charge in [0, 0.05) is 25.2 Å². The molecule has 276 valence electrons. The Bertz CT molecular complexity index is 1830. The maximum absolute atomic E-state index is 13.7. The van der Waals surface area contributed by atoms with Gasteiger partial charge in [-0.15, -0.1) is 0 Å². The monoisotopic (exact) mass is 716 g/mol. The maximum atomic E-state index is 13.7. The molecular weight excluding hydrogens is 672 g/mol. The molecule has 4 amide bonds. The van der Waals surface area contributed by atoms with E-state index in [9.17, 15) is 28.8 Å². The minimum atomic E-state index is -1.13. The number of fused-ring (bicyclic) bond motifs is 1. The Hall–Kier alpha value is -5.84. The van der Waals surface area contributed by atoms with Crippen molar-refractivity contribution < 1.29 is 38.3 Å². The average molecular weight is 717 g/mol. The molecule has 0 fully saturated rings. The van der Waals surface area contributed by atoms with Crippen molar-refractivity contribution in [3.05, 3.63) is 83.4 Å². The van der Waals surface area contributed by atoms with Gasteiger partial charge in [0.05, 0.1) is 47.6 Å². The zero-order valence-electron chi connectivity index (χ0n) is 29.6. The molecule has 0 atom stereocenters. The van der Waals surface area contributed by atoms with Gasteiger partial charge in [-0.25, -0.2) is 26.5 Å². The van der Waals surface area contributed by atoms with Crippen LogP contribution in [0.25, 0.3) is 0 Å². The number of nitrogens with zero attached hydrogens (tertiary/aromatic N) is 4. The number of benzene rings is 3. The molecular formula is C36H44N8O8. The highest BCUT2D eigenvalue weighted by molar-refractivity contribution is 6.10. The van der Waals surface area contributed by atoms with Crippen molar-refractivity contribution in [3.63, 3.8) is 0 Å². The van der Waals surface area contributed by atoms with Crippen LogP contribution in [0.4, 0.5) is 27.5 Å². The van der Waals surface area contributed by atoms with Crippen LogP contribution in [0.3, 0.4) is 0 Å². The number of esters is 1. The number of ether oxygens (including phenoxy) is 1. The number of nitrogens with one attached hydrogen (secondary N) is 1. The van der Waals surface area contributed by atoms with Gasteiger partial charge in [0.2, 0.25) is 5.91 Å². The summed E-state index contributed by atoms with van der Waals surface area (Å²) in [5, 5.41) is 5.07. The number of hydrogen-bond acceptors (Lipinski definition) is 12. The molecule has 0 bridgehead atoms. The van der Waals surface area contributed by atoms with E-state index in [1.165, 1.54) is 15.9 Å². The van der Waals surface area contributed by atoms with Gasteiger partial charge >= 0.3 is 18.0 Å². The summed E-state index contributed by atoms with van der Waals surface area (Å²) in [6.45, 7) is 6.52. The first-order valence-electron chi connectivity index (χ1n) is 16.5. The summed E-state index contributed by atoms with van der Waals surface area (Å²) in [5.41, 5.74) is 2.00. The molecule has 0 saturated heterocycles. The fourth-order valence-electron chi connectivity index (χ4n) is 5.57. The second kappa shape index (κ2) is 16.9. The van der Waals surface area contributed by atoms with Gasteiger partial charge < -0.3 is 24.7 Å². The van der Waals surface area contributed by atoms with Gasteiger partial charge in [-0.05, 0) is 75.2 Å². The molecule has 4 rings (SSSR count). The molecule has 0 saturated carbocycles. The highest BCUT2D eigenvalue weighted by atomic mass is 16.7. The van der Waals surface area contributed by atoms with E-state index in [2.05, 4.69) is 10.2 Å². The Balaban J connectivity index is 1.50. The first-order chi connectivity index (χ1) is 24.7. The van der Waals surface area contributed by atoms with Crippen molar-refractivity contribution >= 4 is 58.3 Å². The lowest BCUT2D eigenvalue weighted by Gasteiger charge is -2.28. The number of ketones is 1. The first kappa shape index (κ1) is 39.0. The van der Waals surface area contributed by atoms with Crippen molar-refractivity contribution in [2.24, 2.45) is 17.6 Å². The van der Waals surface area contributed by atoms with Crippen molar-refractivity contribution in [1.29, 1.82) is 0 Å². The summed E-state index contributed by atoms with van der Waals surface area (Å²) in [4.78, 5) is 84.2. The predicted molar refractivity (Wildman–Crippen MR) is 194 cm³/mol. The van der Waals surface area contributed by atoms with Crippen LogP contribution in [0.15, 0.2) is 66.7 Å². The summed E-state index contributed by atoms with van der Waals surface area (Å²) >= 11 is 0. The van der Waals surface area contributed by atoms with Crippen molar-refractivity contribution in [3.8, 4) is 0 Å². The van der Waals surface area contributed by atoms with Crippen LogP contribution < -0.4 is 37.8 Å². The second-order valence-electron chi connectivity index (χ2n) is 12.6. The highest BCUT2D eigenvalue weighted by Gasteiger charge is 2.34.